The molecule has 1 fully saturated rings. The summed E-state index contributed by atoms with van der Waals surface area (Å²) in [5.74, 6) is 0. The highest BCUT2D eigenvalue weighted by Crippen LogP contribution is 2.36. The van der Waals surface area contributed by atoms with Crippen LogP contribution in [0.15, 0.2) is 21.3 Å². The molecule has 3 nitrogen and oxygen atoms in total. The zero-order valence-corrected chi connectivity index (χ0v) is 12.3. The Morgan fingerprint density at radius 1 is 1.29 bits per heavy atom. The largest absolute Gasteiger partial charge is 0.378 e. The summed E-state index contributed by atoms with van der Waals surface area (Å²) in [6.07, 6.45) is 0. The molecule has 1 aliphatic rings. The molecule has 0 radical (unpaired) electrons. The molecule has 0 atom stereocenters. The van der Waals surface area contributed by atoms with Crippen molar-refractivity contribution in [3.05, 3.63) is 21.3 Å². The van der Waals surface area contributed by atoms with E-state index in [4.69, 9.17) is 9.72 Å². The minimum atomic E-state index is 0.803. The van der Waals surface area contributed by atoms with Gasteiger partial charge in [-0.15, -0.1) is 22.7 Å². The average molecular weight is 331 g/mol. The number of thiazole rings is 1. The number of anilines is 1. The summed E-state index contributed by atoms with van der Waals surface area (Å²) in [5, 5.41) is 5.30. The Morgan fingerprint density at radius 3 is 2.82 bits per heavy atom. The first-order chi connectivity index (χ1) is 8.34. The molecule has 0 aliphatic carbocycles. The fraction of sp³-hybridized carbons (Fsp3) is 0.364. The van der Waals surface area contributed by atoms with Crippen LogP contribution >= 0.6 is 38.6 Å². The van der Waals surface area contributed by atoms with E-state index < -0.39 is 0 Å². The molecule has 17 heavy (non-hydrogen) atoms. The molecular formula is C11H11BrN2OS2. The number of hydrogen-bond acceptors (Lipinski definition) is 5. The van der Waals surface area contributed by atoms with Gasteiger partial charge >= 0.3 is 0 Å². The van der Waals surface area contributed by atoms with Crippen LogP contribution in [0.5, 0.6) is 0 Å². The van der Waals surface area contributed by atoms with Gasteiger partial charge in [0, 0.05) is 22.9 Å². The second-order valence-corrected chi connectivity index (χ2v) is 6.32. The molecule has 0 saturated carbocycles. The number of aromatic nitrogens is 1. The van der Waals surface area contributed by atoms with E-state index in [2.05, 4.69) is 37.7 Å². The van der Waals surface area contributed by atoms with Gasteiger partial charge in [-0.1, -0.05) is 0 Å². The van der Waals surface area contributed by atoms with E-state index in [-0.39, 0.29) is 0 Å². The molecule has 2 aromatic heterocycles. The lowest BCUT2D eigenvalue weighted by molar-refractivity contribution is 0.122. The molecule has 0 amide bonds. The Kier molecular flexibility index (Phi) is 3.46. The topological polar surface area (TPSA) is 25.4 Å². The van der Waals surface area contributed by atoms with E-state index in [1.54, 1.807) is 22.7 Å². The fourth-order valence-corrected chi connectivity index (χ4v) is 4.23. The maximum absolute atomic E-state index is 5.35. The van der Waals surface area contributed by atoms with E-state index in [0.29, 0.717) is 0 Å². The third-order valence-electron chi connectivity index (χ3n) is 2.62. The molecule has 6 heteroatoms. The minimum absolute atomic E-state index is 0.803. The second-order valence-electron chi connectivity index (χ2n) is 3.71. The van der Waals surface area contributed by atoms with Gasteiger partial charge in [-0.2, -0.15) is 0 Å². The molecule has 3 heterocycles. The molecule has 0 spiro atoms. The van der Waals surface area contributed by atoms with Gasteiger partial charge in [-0.05, 0) is 27.4 Å². The van der Waals surface area contributed by atoms with Crippen LogP contribution in [0.2, 0.25) is 0 Å². The number of hydrogen-bond donors (Lipinski definition) is 0. The predicted molar refractivity (Wildman–Crippen MR) is 76.2 cm³/mol. The first-order valence-corrected chi connectivity index (χ1v) is 7.91. The lowest BCUT2D eigenvalue weighted by Crippen LogP contribution is -2.36. The van der Waals surface area contributed by atoms with Gasteiger partial charge in [0.2, 0.25) is 0 Å². The van der Waals surface area contributed by atoms with Gasteiger partial charge < -0.3 is 9.64 Å². The van der Waals surface area contributed by atoms with Gasteiger partial charge in [0.1, 0.15) is 0 Å². The van der Waals surface area contributed by atoms with Crippen molar-refractivity contribution in [2.75, 3.05) is 31.2 Å². The Labute approximate surface area is 116 Å². The molecule has 0 bridgehead atoms. The summed E-state index contributed by atoms with van der Waals surface area (Å²) in [5.41, 5.74) is 1.07. The van der Waals surface area contributed by atoms with Crippen LogP contribution in [0.3, 0.4) is 0 Å². The quantitative estimate of drug-likeness (QED) is 0.843. The first-order valence-electron chi connectivity index (χ1n) is 5.36. The monoisotopic (exact) mass is 330 g/mol. The van der Waals surface area contributed by atoms with Crippen LogP contribution in [0.4, 0.5) is 5.13 Å². The Hall–Kier alpha value is -0.430. The van der Waals surface area contributed by atoms with Crippen molar-refractivity contribution in [3.8, 4) is 10.6 Å². The normalized spacial score (nSPS) is 16.4. The molecule has 3 rings (SSSR count). The summed E-state index contributed by atoms with van der Waals surface area (Å²) in [4.78, 5) is 8.21. The highest BCUT2D eigenvalue weighted by atomic mass is 79.9. The molecule has 0 unspecified atom stereocenters. The number of thiophene rings is 1. The predicted octanol–water partition coefficient (Wildman–Crippen LogP) is 3.47. The van der Waals surface area contributed by atoms with Gasteiger partial charge in [0.15, 0.2) is 5.13 Å². The smallest absolute Gasteiger partial charge is 0.186 e. The summed E-state index contributed by atoms with van der Waals surface area (Å²) in [6, 6.07) is 2.06. The zero-order chi connectivity index (χ0) is 11.7. The summed E-state index contributed by atoms with van der Waals surface area (Å²) < 4.78 is 6.48. The van der Waals surface area contributed by atoms with Crippen LogP contribution in [0.25, 0.3) is 10.6 Å². The standard InChI is InChI=1S/C11H11BrN2OS2/c12-8-1-6-16-10(8)9-7-17-11(13-9)14-2-4-15-5-3-14/h1,6-7H,2-5H2. The summed E-state index contributed by atoms with van der Waals surface area (Å²) in [7, 11) is 0. The van der Waals surface area contributed by atoms with E-state index in [0.717, 1.165) is 41.6 Å². The Balaban J connectivity index is 1.85. The molecule has 2 aromatic rings. The second kappa shape index (κ2) is 5.06. The van der Waals surface area contributed by atoms with Gasteiger partial charge in [0.05, 0.1) is 23.8 Å². The maximum atomic E-state index is 5.35. The molecule has 90 valence electrons. The SMILES string of the molecule is Brc1ccsc1-c1csc(N2CCOCC2)n1. The van der Waals surface area contributed by atoms with Crippen LogP contribution in [0.1, 0.15) is 0 Å². The first kappa shape index (κ1) is 11.6. The highest BCUT2D eigenvalue weighted by molar-refractivity contribution is 9.10. The third kappa shape index (κ3) is 2.40. The van der Waals surface area contributed by atoms with E-state index in [1.807, 2.05) is 0 Å². The summed E-state index contributed by atoms with van der Waals surface area (Å²) >= 11 is 6.97. The number of ether oxygens (including phenoxy) is 1. The number of morpholine rings is 1. The molecule has 0 N–H and O–H groups in total. The zero-order valence-electron chi connectivity index (χ0n) is 9.06. The van der Waals surface area contributed by atoms with Crippen molar-refractivity contribution < 1.29 is 4.74 Å². The van der Waals surface area contributed by atoms with Crippen molar-refractivity contribution >= 4 is 43.7 Å². The highest BCUT2D eigenvalue weighted by Gasteiger charge is 2.16. The molecular weight excluding hydrogens is 320 g/mol. The number of nitrogens with zero attached hydrogens (tertiary/aromatic N) is 2. The Bertz CT molecular complexity index is 505. The molecule has 1 aliphatic heterocycles. The fourth-order valence-electron chi connectivity index (χ4n) is 1.74. The number of rotatable bonds is 2. The summed E-state index contributed by atoms with van der Waals surface area (Å²) in [6.45, 7) is 3.49. The van der Waals surface area contributed by atoms with Crippen LogP contribution in [-0.4, -0.2) is 31.3 Å². The molecule has 1 saturated heterocycles. The van der Waals surface area contributed by atoms with Crippen molar-refractivity contribution in [3.63, 3.8) is 0 Å². The number of halogens is 1. The minimum Gasteiger partial charge on any atom is -0.378 e. The van der Waals surface area contributed by atoms with Crippen LogP contribution in [-0.2, 0) is 4.74 Å². The van der Waals surface area contributed by atoms with E-state index >= 15 is 0 Å². The lowest BCUT2D eigenvalue weighted by atomic mass is 10.4. The van der Waals surface area contributed by atoms with Crippen molar-refractivity contribution in [1.82, 2.24) is 4.98 Å². The van der Waals surface area contributed by atoms with E-state index in [9.17, 15) is 0 Å². The van der Waals surface area contributed by atoms with Crippen LogP contribution in [0, 0.1) is 0 Å². The van der Waals surface area contributed by atoms with Crippen LogP contribution < -0.4 is 4.90 Å². The van der Waals surface area contributed by atoms with Gasteiger partial charge in [-0.3, -0.25) is 0 Å². The third-order valence-corrected chi connectivity index (χ3v) is 5.39. The lowest BCUT2D eigenvalue weighted by Gasteiger charge is -2.25. The average Bonchev–Trinajstić information content (AvgIpc) is 2.98. The van der Waals surface area contributed by atoms with E-state index in [1.165, 1.54) is 4.88 Å². The van der Waals surface area contributed by atoms with Crippen molar-refractivity contribution in [2.24, 2.45) is 0 Å². The molecule has 0 aromatic carbocycles. The Morgan fingerprint density at radius 2 is 2.12 bits per heavy atom. The van der Waals surface area contributed by atoms with Crippen molar-refractivity contribution in [2.45, 2.75) is 0 Å². The van der Waals surface area contributed by atoms with Gasteiger partial charge in [0.25, 0.3) is 0 Å². The maximum Gasteiger partial charge on any atom is 0.186 e. The van der Waals surface area contributed by atoms with Gasteiger partial charge in [-0.25, -0.2) is 4.98 Å². The van der Waals surface area contributed by atoms with Crippen molar-refractivity contribution in [1.29, 1.82) is 0 Å².